The van der Waals surface area contributed by atoms with Crippen molar-refractivity contribution in [2.75, 3.05) is 43.9 Å². The molecular formula is C21H27FN6O. The molecule has 0 radical (unpaired) electrons. The van der Waals surface area contributed by atoms with Crippen molar-refractivity contribution in [1.29, 1.82) is 0 Å². The maximum atomic E-state index is 13.8. The normalized spacial score (nSPS) is 17.6. The topological polar surface area (TPSA) is 82.2 Å². The lowest BCUT2D eigenvalue weighted by Gasteiger charge is -2.30. The van der Waals surface area contributed by atoms with E-state index in [-0.39, 0.29) is 18.1 Å². The third-order valence-corrected chi connectivity index (χ3v) is 5.61. The summed E-state index contributed by atoms with van der Waals surface area (Å²) in [4.78, 5) is 24.1. The average molecular weight is 398 g/mol. The van der Waals surface area contributed by atoms with Crippen molar-refractivity contribution in [3.05, 3.63) is 47.2 Å². The number of halogens is 1. The van der Waals surface area contributed by atoms with E-state index in [2.05, 4.69) is 16.0 Å². The van der Waals surface area contributed by atoms with Gasteiger partial charge >= 0.3 is 0 Å². The summed E-state index contributed by atoms with van der Waals surface area (Å²) in [7, 11) is 1.87. The van der Waals surface area contributed by atoms with E-state index < -0.39 is 5.82 Å². The van der Waals surface area contributed by atoms with E-state index in [0.717, 1.165) is 61.8 Å². The smallest absolute Gasteiger partial charge is 0.238 e. The van der Waals surface area contributed by atoms with Gasteiger partial charge in [0.15, 0.2) is 0 Å². The molecule has 0 saturated carbocycles. The van der Waals surface area contributed by atoms with Crippen LogP contribution in [0.4, 0.5) is 15.9 Å². The van der Waals surface area contributed by atoms with E-state index in [1.807, 2.05) is 11.9 Å². The number of piperidine rings is 1. The summed E-state index contributed by atoms with van der Waals surface area (Å²) >= 11 is 0. The van der Waals surface area contributed by atoms with Crippen molar-refractivity contribution in [1.82, 2.24) is 20.2 Å². The van der Waals surface area contributed by atoms with Gasteiger partial charge in [-0.05, 0) is 38.1 Å². The summed E-state index contributed by atoms with van der Waals surface area (Å²) in [5.41, 5.74) is 2.33. The number of benzene rings is 1. The highest BCUT2D eigenvalue weighted by Crippen LogP contribution is 2.29. The molecule has 29 heavy (non-hydrogen) atoms. The summed E-state index contributed by atoms with van der Waals surface area (Å²) < 4.78 is 13.8. The molecule has 0 unspecified atom stereocenters. The number of hydrogen-bond donors (Lipinski definition) is 3. The number of hydrogen-bond acceptors (Lipinski definition) is 6. The Morgan fingerprint density at radius 3 is 2.83 bits per heavy atom. The first-order chi connectivity index (χ1) is 14.1. The van der Waals surface area contributed by atoms with Gasteiger partial charge in [-0.15, -0.1) is 0 Å². The van der Waals surface area contributed by atoms with Gasteiger partial charge in [-0.1, -0.05) is 12.1 Å². The summed E-state index contributed by atoms with van der Waals surface area (Å²) in [6, 6.07) is 6.20. The van der Waals surface area contributed by atoms with E-state index in [1.165, 1.54) is 6.07 Å². The molecule has 1 fully saturated rings. The van der Waals surface area contributed by atoms with E-state index in [9.17, 15) is 9.18 Å². The second-order valence-corrected chi connectivity index (χ2v) is 7.62. The highest BCUT2D eigenvalue weighted by Gasteiger charge is 2.26. The van der Waals surface area contributed by atoms with Crippen molar-refractivity contribution in [2.45, 2.75) is 31.7 Å². The third kappa shape index (κ3) is 4.54. The van der Waals surface area contributed by atoms with Gasteiger partial charge < -0.3 is 16.0 Å². The Bertz CT molecular complexity index is 866. The molecule has 0 aliphatic carbocycles. The molecule has 1 aromatic carbocycles. The molecule has 2 aliphatic heterocycles. The van der Waals surface area contributed by atoms with Crippen LogP contribution in [0, 0.1) is 5.82 Å². The number of nitrogens with one attached hydrogen (secondary N) is 3. The van der Waals surface area contributed by atoms with Crippen molar-refractivity contribution in [2.24, 2.45) is 0 Å². The van der Waals surface area contributed by atoms with Gasteiger partial charge in [0, 0.05) is 38.0 Å². The summed E-state index contributed by atoms with van der Waals surface area (Å²) in [6.45, 7) is 3.55. The first-order valence-electron chi connectivity index (χ1n) is 10.2. The number of para-hydroxylation sites is 1. The number of rotatable bonds is 5. The molecule has 1 amide bonds. The van der Waals surface area contributed by atoms with Crippen molar-refractivity contribution >= 4 is 17.4 Å². The molecular weight excluding hydrogens is 371 g/mol. The van der Waals surface area contributed by atoms with Crippen molar-refractivity contribution in [3.8, 4) is 0 Å². The minimum absolute atomic E-state index is 0.201. The van der Waals surface area contributed by atoms with Crippen LogP contribution in [0.2, 0.25) is 0 Å². The van der Waals surface area contributed by atoms with E-state index in [1.54, 1.807) is 18.2 Å². The second-order valence-electron chi connectivity index (χ2n) is 7.62. The van der Waals surface area contributed by atoms with Gasteiger partial charge in [-0.3, -0.25) is 9.69 Å². The predicted octanol–water partition coefficient (Wildman–Crippen LogP) is 2.12. The first kappa shape index (κ1) is 19.7. The Kier molecular flexibility index (Phi) is 6.01. The minimum atomic E-state index is -0.429. The molecule has 3 heterocycles. The lowest BCUT2D eigenvalue weighted by Crippen LogP contribution is -2.38. The predicted molar refractivity (Wildman–Crippen MR) is 110 cm³/mol. The lowest BCUT2D eigenvalue weighted by molar-refractivity contribution is -0.117. The van der Waals surface area contributed by atoms with Gasteiger partial charge in [0.2, 0.25) is 5.91 Å². The number of anilines is 2. The molecule has 4 rings (SSSR count). The number of fused-ring (bicyclic) bond motifs is 1. The standard InChI is InChI=1S/C21H27FN6O/c1-23-21-15-12-28(13-19(29)25-18-5-3-2-4-16(18)22)11-8-17(15)26-20(27-21)14-6-9-24-10-7-14/h2-5,14,24H,6-13H2,1H3,(H,25,29)(H,23,26,27). The highest BCUT2D eigenvalue weighted by molar-refractivity contribution is 5.92. The fourth-order valence-corrected chi connectivity index (χ4v) is 4.05. The molecule has 0 spiro atoms. The van der Waals surface area contributed by atoms with Gasteiger partial charge in [0.1, 0.15) is 17.5 Å². The Hall–Kier alpha value is -2.58. The van der Waals surface area contributed by atoms with Crippen LogP contribution in [0.5, 0.6) is 0 Å². The molecule has 7 nitrogen and oxygen atoms in total. The zero-order chi connectivity index (χ0) is 20.2. The van der Waals surface area contributed by atoms with Crippen LogP contribution >= 0.6 is 0 Å². The fraction of sp³-hybridized carbons (Fsp3) is 0.476. The number of amides is 1. The molecule has 154 valence electrons. The minimum Gasteiger partial charge on any atom is -0.373 e. The number of aromatic nitrogens is 2. The van der Waals surface area contributed by atoms with Crippen LogP contribution in [0.1, 0.15) is 35.8 Å². The molecule has 0 atom stereocenters. The van der Waals surface area contributed by atoms with Crippen molar-refractivity contribution in [3.63, 3.8) is 0 Å². The zero-order valence-electron chi connectivity index (χ0n) is 16.7. The zero-order valence-corrected chi connectivity index (χ0v) is 16.7. The molecule has 1 aromatic heterocycles. The Balaban J connectivity index is 1.45. The summed E-state index contributed by atoms with van der Waals surface area (Å²) in [6.07, 6.45) is 2.89. The molecule has 0 bridgehead atoms. The highest BCUT2D eigenvalue weighted by atomic mass is 19.1. The van der Waals surface area contributed by atoms with Gasteiger partial charge in [0.05, 0.1) is 17.9 Å². The Morgan fingerprint density at radius 2 is 2.07 bits per heavy atom. The SMILES string of the molecule is CNc1nc(C2CCNCC2)nc2c1CN(CC(=O)Nc1ccccc1F)CC2. The van der Waals surface area contributed by atoms with Gasteiger partial charge in [-0.25, -0.2) is 14.4 Å². The maximum absolute atomic E-state index is 13.8. The fourth-order valence-electron chi connectivity index (χ4n) is 4.05. The molecule has 2 aromatic rings. The van der Waals surface area contributed by atoms with Crippen LogP contribution < -0.4 is 16.0 Å². The van der Waals surface area contributed by atoms with Crippen LogP contribution in [0.15, 0.2) is 24.3 Å². The maximum Gasteiger partial charge on any atom is 0.238 e. The number of carbonyl (C=O) groups excluding carboxylic acids is 1. The Labute approximate surface area is 170 Å². The molecule has 2 aliphatic rings. The van der Waals surface area contributed by atoms with E-state index in [4.69, 9.17) is 9.97 Å². The third-order valence-electron chi connectivity index (χ3n) is 5.61. The molecule has 8 heteroatoms. The summed E-state index contributed by atoms with van der Waals surface area (Å²) in [5, 5.41) is 9.25. The largest absolute Gasteiger partial charge is 0.373 e. The number of nitrogens with zero attached hydrogens (tertiary/aromatic N) is 3. The van der Waals surface area contributed by atoms with Crippen LogP contribution in [-0.4, -0.2) is 54.0 Å². The summed E-state index contributed by atoms with van der Waals surface area (Å²) in [5.74, 6) is 1.53. The van der Waals surface area contributed by atoms with Gasteiger partial charge in [-0.2, -0.15) is 0 Å². The van der Waals surface area contributed by atoms with Crippen LogP contribution in [-0.2, 0) is 17.8 Å². The first-order valence-corrected chi connectivity index (χ1v) is 10.2. The molecule has 3 N–H and O–H groups in total. The monoisotopic (exact) mass is 398 g/mol. The van der Waals surface area contributed by atoms with Crippen molar-refractivity contribution < 1.29 is 9.18 Å². The van der Waals surface area contributed by atoms with E-state index >= 15 is 0 Å². The Morgan fingerprint density at radius 1 is 1.28 bits per heavy atom. The lowest BCUT2D eigenvalue weighted by atomic mass is 9.96. The van der Waals surface area contributed by atoms with Crippen LogP contribution in [0.25, 0.3) is 0 Å². The van der Waals surface area contributed by atoms with Crippen LogP contribution in [0.3, 0.4) is 0 Å². The average Bonchev–Trinajstić information content (AvgIpc) is 2.75. The quantitative estimate of drug-likeness (QED) is 0.716. The second kappa shape index (κ2) is 8.84. The molecule has 1 saturated heterocycles. The van der Waals surface area contributed by atoms with Gasteiger partial charge in [0.25, 0.3) is 0 Å². The van der Waals surface area contributed by atoms with E-state index in [0.29, 0.717) is 12.5 Å². The number of carbonyl (C=O) groups is 1.